The van der Waals surface area contributed by atoms with Crippen molar-refractivity contribution in [2.75, 3.05) is 50.2 Å². The smallest absolute Gasteiger partial charge is 0.292 e. The molecule has 9 heteroatoms. The number of rotatable bonds is 9. The Hall–Kier alpha value is -4.11. The van der Waals surface area contributed by atoms with Gasteiger partial charge in [0.15, 0.2) is 0 Å². The van der Waals surface area contributed by atoms with Gasteiger partial charge < -0.3 is 20.3 Å². The van der Waals surface area contributed by atoms with Crippen molar-refractivity contribution in [1.82, 2.24) is 10.2 Å². The fourth-order valence-electron chi connectivity index (χ4n) is 4.23. The number of nitrogens with one attached hydrogen (secondary N) is 2. The maximum Gasteiger partial charge on any atom is 0.292 e. The molecule has 0 aromatic heterocycles. The Kier molecular flexibility index (Phi) is 8.02. The van der Waals surface area contributed by atoms with E-state index in [1.807, 2.05) is 49.4 Å². The van der Waals surface area contributed by atoms with Gasteiger partial charge in [0.2, 0.25) is 0 Å². The summed E-state index contributed by atoms with van der Waals surface area (Å²) in [5.41, 5.74) is 4.10. The zero-order valence-electron chi connectivity index (χ0n) is 20.6. The number of amides is 1. The topological polar surface area (TPSA) is 100.0 Å². The Morgan fingerprint density at radius 1 is 1.03 bits per heavy atom. The van der Waals surface area contributed by atoms with Gasteiger partial charge in [-0.3, -0.25) is 19.8 Å². The number of piperazine rings is 1. The third-order valence-electron chi connectivity index (χ3n) is 6.37. The van der Waals surface area contributed by atoms with Gasteiger partial charge in [0.25, 0.3) is 11.6 Å². The van der Waals surface area contributed by atoms with Crippen molar-refractivity contribution >= 4 is 23.0 Å². The van der Waals surface area contributed by atoms with Crippen LogP contribution in [-0.4, -0.2) is 55.7 Å². The first-order chi connectivity index (χ1) is 17.4. The molecule has 3 aromatic carbocycles. The maximum atomic E-state index is 12.6. The molecule has 36 heavy (non-hydrogen) atoms. The lowest BCUT2D eigenvalue weighted by atomic mass is 10.1. The number of carbonyl (C=O) groups excluding carboxylic acids is 1. The molecule has 1 aliphatic heterocycles. The highest BCUT2D eigenvalue weighted by atomic mass is 16.6. The SMILES string of the molecule is COc1cc(C(=O)NCN2CCN(c3ccc([N+](=O)[O-])c(NCc4ccccc4)c3)CC2)ccc1C. The third-order valence-corrected chi connectivity index (χ3v) is 6.37. The van der Waals surface area contributed by atoms with Crippen LogP contribution < -0.4 is 20.3 Å². The van der Waals surface area contributed by atoms with Crippen LogP contribution in [0.15, 0.2) is 66.7 Å². The summed E-state index contributed by atoms with van der Waals surface area (Å²) in [6, 6.07) is 20.4. The van der Waals surface area contributed by atoms with E-state index in [1.165, 1.54) is 0 Å². The highest BCUT2D eigenvalue weighted by Gasteiger charge is 2.21. The molecule has 0 bridgehead atoms. The molecule has 0 spiro atoms. The Morgan fingerprint density at radius 3 is 2.47 bits per heavy atom. The number of nitrogens with zero attached hydrogens (tertiary/aromatic N) is 3. The number of hydrogen-bond acceptors (Lipinski definition) is 7. The van der Waals surface area contributed by atoms with Crippen molar-refractivity contribution in [2.45, 2.75) is 13.5 Å². The number of methoxy groups -OCH3 is 1. The second-order valence-electron chi connectivity index (χ2n) is 8.75. The molecule has 0 aliphatic carbocycles. The van der Waals surface area contributed by atoms with Crippen LogP contribution in [0.5, 0.6) is 5.75 Å². The van der Waals surface area contributed by atoms with Crippen LogP contribution in [0, 0.1) is 17.0 Å². The predicted octanol–water partition coefficient (Wildman–Crippen LogP) is 4.03. The molecule has 1 amide bonds. The van der Waals surface area contributed by atoms with E-state index in [-0.39, 0.29) is 16.5 Å². The molecule has 1 heterocycles. The van der Waals surface area contributed by atoms with E-state index >= 15 is 0 Å². The van der Waals surface area contributed by atoms with Gasteiger partial charge in [-0.2, -0.15) is 0 Å². The summed E-state index contributed by atoms with van der Waals surface area (Å²) in [5.74, 6) is 0.553. The van der Waals surface area contributed by atoms with Gasteiger partial charge >= 0.3 is 0 Å². The zero-order valence-corrected chi connectivity index (χ0v) is 20.6. The van der Waals surface area contributed by atoms with E-state index in [1.54, 1.807) is 31.4 Å². The average molecular weight is 490 g/mol. The lowest BCUT2D eigenvalue weighted by Crippen LogP contribution is -2.50. The van der Waals surface area contributed by atoms with Crippen molar-refractivity contribution in [2.24, 2.45) is 0 Å². The van der Waals surface area contributed by atoms with Gasteiger partial charge in [0.1, 0.15) is 11.4 Å². The van der Waals surface area contributed by atoms with Gasteiger partial charge in [-0.1, -0.05) is 36.4 Å². The van der Waals surface area contributed by atoms with Crippen LogP contribution in [0.4, 0.5) is 17.1 Å². The molecule has 9 nitrogen and oxygen atoms in total. The van der Waals surface area contributed by atoms with E-state index in [2.05, 4.69) is 20.4 Å². The van der Waals surface area contributed by atoms with Gasteiger partial charge in [0, 0.05) is 50.0 Å². The van der Waals surface area contributed by atoms with Crippen LogP contribution >= 0.6 is 0 Å². The molecular formula is C27H31N5O4. The second-order valence-corrected chi connectivity index (χ2v) is 8.75. The maximum absolute atomic E-state index is 12.6. The van der Waals surface area contributed by atoms with Gasteiger partial charge in [-0.25, -0.2) is 0 Å². The van der Waals surface area contributed by atoms with Crippen molar-refractivity contribution in [3.63, 3.8) is 0 Å². The number of anilines is 2. The lowest BCUT2D eigenvalue weighted by molar-refractivity contribution is -0.384. The van der Waals surface area contributed by atoms with Gasteiger partial charge in [-0.15, -0.1) is 0 Å². The molecule has 0 atom stereocenters. The summed E-state index contributed by atoms with van der Waals surface area (Å²) in [6.45, 7) is 5.93. The van der Waals surface area contributed by atoms with Crippen molar-refractivity contribution < 1.29 is 14.5 Å². The van der Waals surface area contributed by atoms with E-state index < -0.39 is 0 Å². The van der Waals surface area contributed by atoms with Crippen molar-refractivity contribution in [3.05, 3.63) is 93.5 Å². The Morgan fingerprint density at radius 2 is 1.78 bits per heavy atom. The minimum absolute atomic E-state index is 0.0590. The van der Waals surface area contributed by atoms with Gasteiger partial charge in [0.05, 0.1) is 18.7 Å². The number of hydrogen-bond donors (Lipinski definition) is 2. The molecule has 0 radical (unpaired) electrons. The van der Waals surface area contributed by atoms with Crippen LogP contribution in [0.3, 0.4) is 0 Å². The van der Waals surface area contributed by atoms with E-state index in [0.717, 1.165) is 43.0 Å². The van der Waals surface area contributed by atoms with Crippen molar-refractivity contribution in [1.29, 1.82) is 0 Å². The molecule has 1 saturated heterocycles. The van der Waals surface area contributed by atoms with E-state index in [9.17, 15) is 14.9 Å². The first-order valence-corrected chi connectivity index (χ1v) is 11.9. The molecule has 0 saturated carbocycles. The first kappa shape index (κ1) is 25.0. The number of benzene rings is 3. The standard InChI is InChI=1S/C27H31N5O4/c1-20-8-9-22(16-26(20)36-2)27(33)29-19-30-12-14-31(15-13-30)23-10-11-25(32(34)35)24(17-23)28-18-21-6-4-3-5-7-21/h3-11,16-17,28H,12-15,18-19H2,1-2H3,(H,29,33). The van der Waals surface area contributed by atoms with Crippen LogP contribution in [-0.2, 0) is 6.54 Å². The highest BCUT2D eigenvalue weighted by Crippen LogP contribution is 2.30. The van der Waals surface area contributed by atoms with Crippen LogP contribution in [0.1, 0.15) is 21.5 Å². The van der Waals surface area contributed by atoms with Crippen LogP contribution in [0.2, 0.25) is 0 Å². The first-order valence-electron chi connectivity index (χ1n) is 11.9. The highest BCUT2D eigenvalue weighted by molar-refractivity contribution is 5.94. The number of nitro benzene ring substituents is 1. The summed E-state index contributed by atoms with van der Waals surface area (Å²) in [7, 11) is 1.59. The summed E-state index contributed by atoms with van der Waals surface area (Å²) in [5, 5.41) is 17.8. The monoisotopic (exact) mass is 489 g/mol. The molecule has 1 aliphatic rings. The second kappa shape index (κ2) is 11.5. The molecule has 2 N–H and O–H groups in total. The summed E-state index contributed by atoms with van der Waals surface area (Å²) < 4.78 is 5.31. The molecule has 188 valence electrons. The summed E-state index contributed by atoms with van der Waals surface area (Å²) in [6.07, 6.45) is 0. The lowest BCUT2D eigenvalue weighted by Gasteiger charge is -2.36. The Bertz CT molecular complexity index is 1210. The number of carbonyl (C=O) groups is 1. The molecule has 1 fully saturated rings. The van der Waals surface area contributed by atoms with Gasteiger partial charge in [-0.05, 0) is 42.3 Å². The number of nitro groups is 1. The number of ether oxygens (including phenoxy) is 1. The predicted molar refractivity (Wildman–Crippen MR) is 141 cm³/mol. The van der Waals surface area contributed by atoms with E-state index in [0.29, 0.717) is 30.2 Å². The van der Waals surface area contributed by atoms with Crippen molar-refractivity contribution in [3.8, 4) is 5.75 Å². The van der Waals surface area contributed by atoms with E-state index in [4.69, 9.17) is 4.74 Å². The molecule has 4 rings (SSSR count). The normalized spacial score (nSPS) is 13.8. The average Bonchev–Trinajstić information content (AvgIpc) is 2.91. The minimum atomic E-state index is -0.360. The Labute approximate surface area is 210 Å². The molecular weight excluding hydrogens is 458 g/mol. The quantitative estimate of drug-likeness (QED) is 0.346. The zero-order chi connectivity index (χ0) is 25.5. The minimum Gasteiger partial charge on any atom is -0.496 e. The summed E-state index contributed by atoms with van der Waals surface area (Å²) >= 11 is 0. The fraction of sp³-hybridized carbons (Fsp3) is 0.296. The fourth-order valence-corrected chi connectivity index (χ4v) is 4.23. The summed E-state index contributed by atoms with van der Waals surface area (Å²) in [4.78, 5) is 28.2. The number of aryl methyl sites for hydroxylation is 1. The Balaban J connectivity index is 1.33. The third kappa shape index (κ3) is 6.11. The molecule has 3 aromatic rings. The largest absolute Gasteiger partial charge is 0.496 e. The van der Waals surface area contributed by atoms with Crippen LogP contribution in [0.25, 0.3) is 0 Å². The molecule has 0 unspecified atom stereocenters.